The number of rotatable bonds is 4. The second-order valence-electron chi connectivity index (χ2n) is 4.85. The first-order valence-corrected chi connectivity index (χ1v) is 6.86. The number of amides is 2. The van der Waals surface area contributed by atoms with Crippen LogP contribution in [0.2, 0.25) is 0 Å². The maximum atomic E-state index is 12.3. The van der Waals surface area contributed by atoms with E-state index < -0.39 is 0 Å². The molecule has 0 saturated carbocycles. The summed E-state index contributed by atoms with van der Waals surface area (Å²) in [7, 11) is 0. The Bertz CT molecular complexity index is 667. The Kier molecular flexibility index (Phi) is 3.69. The van der Waals surface area contributed by atoms with E-state index in [0.29, 0.717) is 12.2 Å². The van der Waals surface area contributed by atoms with E-state index in [0.717, 1.165) is 11.3 Å². The van der Waals surface area contributed by atoms with Crippen molar-refractivity contribution in [2.75, 3.05) is 13.2 Å². The highest BCUT2D eigenvalue weighted by Gasteiger charge is 2.30. The first-order valence-electron chi connectivity index (χ1n) is 6.86. The Morgan fingerprint density at radius 3 is 2.48 bits per heavy atom. The minimum atomic E-state index is -0.237. The molecule has 0 spiro atoms. The van der Waals surface area contributed by atoms with Gasteiger partial charge in [-0.15, -0.1) is 0 Å². The number of carbonyl (C=O) groups excluding carboxylic acids is 2. The molecule has 21 heavy (non-hydrogen) atoms. The molecule has 0 saturated heterocycles. The van der Waals surface area contributed by atoms with Crippen molar-refractivity contribution in [3.63, 3.8) is 0 Å². The van der Waals surface area contributed by atoms with Gasteiger partial charge in [-0.05, 0) is 23.8 Å². The van der Waals surface area contributed by atoms with Crippen molar-refractivity contribution in [3.8, 4) is 5.75 Å². The van der Waals surface area contributed by atoms with E-state index >= 15 is 0 Å². The largest absolute Gasteiger partial charge is 0.492 e. The van der Waals surface area contributed by atoms with Gasteiger partial charge in [0.25, 0.3) is 5.91 Å². The van der Waals surface area contributed by atoms with Gasteiger partial charge in [-0.1, -0.05) is 36.4 Å². The monoisotopic (exact) mass is 281 g/mol. The van der Waals surface area contributed by atoms with Crippen molar-refractivity contribution >= 4 is 11.8 Å². The fraction of sp³-hybridized carbons (Fsp3) is 0.176. The molecule has 0 atom stereocenters. The second kappa shape index (κ2) is 5.79. The van der Waals surface area contributed by atoms with Gasteiger partial charge in [-0.3, -0.25) is 14.5 Å². The van der Waals surface area contributed by atoms with Gasteiger partial charge >= 0.3 is 0 Å². The standard InChI is InChI=1S/C17H15NO3/c19-16-12-13-6-4-5-9-15(13)17(20)18(16)10-11-21-14-7-2-1-3-8-14/h1-9H,10-12H2. The highest BCUT2D eigenvalue weighted by Crippen LogP contribution is 2.19. The molecule has 106 valence electrons. The minimum Gasteiger partial charge on any atom is -0.492 e. The van der Waals surface area contributed by atoms with Gasteiger partial charge in [-0.2, -0.15) is 0 Å². The van der Waals surface area contributed by atoms with Gasteiger partial charge in [0.15, 0.2) is 0 Å². The lowest BCUT2D eigenvalue weighted by Gasteiger charge is -2.26. The van der Waals surface area contributed by atoms with Crippen LogP contribution in [0.5, 0.6) is 5.75 Å². The number of imide groups is 1. The first-order chi connectivity index (χ1) is 10.3. The molecule has 2 aromatic carbocycles. The van der Waals surface area contributed by atoms with Crippen LogP contribution in [0.25, 0.3) is 0 Å². The summed E-state index contributed by atoms with van der Waals surface area (Å²) in [5.74, 6) is 0.323. The summed E-state index contributed by atoms with van der Waals surface area (Å²) < 4.78 is 5.55. The van der Waals surface area contributed by atoms with Crippen LogP contribution in [0.15, 0.2) is 54.6 Å². The van der Waals surface area contributed by atoms with E-state index in [2.05, 4.69) is 0 Å². The van der Waals surface area contributed by atoms with Crippen molar-refractivity contribution < 1.29 is 14.3 Å². The molecule has 1 aliphatic rings. The van der Waals surface area contributed by atoms with Crippen LogP contribution >= 0.6 is 0 Å². The average molecular weight is 281 g/mol. The number of hydrogen-bond acceptors (Lipinski definition) is 3. The lowest BCUT2D eigenvalue weighted by molar-refractivity contribution is -0.128. The summed E-state index contributed by atoms with van der Waals surface area (Å²) in [5, 5.41) is 0. The van der Waals surface area contributed by atoms with E-state index in [1.54, 1.807) is 6.07 Å². The summed E-state index contributed by atoms with van der Waals surface area (Å²) >= 11 is 0. The zero-order valence-electron chi connectivity index (χ0n) is 11.5. The van der Waals surface area contributed by atoms with Gasteiger partial charge in [0, 0.05) is 5.56 Å². The van der Waals surface area contributed by atoms with Crippen molar-refractivity contribution in [3.05, 3.63) is 65.7 Å². The number of para-hydroxylation sites is 1. The summed E-state index contributed by atoms with van der Waals surface area (Å²) in [4.78, 5) is 25.6. The number of benzene rings is 2. The van der Waals surface area contributed by atoms with Crippen LogP contribution in [0.1, 0.15) is 15.9 Å². The Balaban J connectivity index is 1.66. The summed E-state index contributed by atoms with van der Waals surface area (Å²) in [6.07, 6.45) is 0.271. The zero-order chi connectivity index (χ0) is 14.7. The molecule has 0 N–H and O–H groups in total. The molecule has 0 unspecified atom stereocenters. The fourth-order valence-corrected chi connectivity index (χ4v) is 2.40. The zero-order valence-corrected chi connectivity index (χ0v) is 11.5. The summed E-state index contributed by atoms with van der Waals surface area (Å²) in [5.41, 5.74) is 1.41. The Morgan fingerprint density at radius 1 is 0.952 bits per heavy atom. The van der Waals surface area contributed by atoms with Crippen LogP contribution in [-0.2, 0) is 11.2 Å². The smallest absolute Gasteiger partial charge is 0.260 e. The Morgan fingerprint density at radius 2 is 1.67 bits per heavy atom. The van der Waals surface area contributed by atoms with Crippen molar-refractivity contribution in [1.82, 2.24) is 4.90 Å². The number of carbonyl (C=O) groups is 2. The maximum absolute atomic E-state index is 12.3. The third-order valence-corrected chi connectivity index (χ3v) is 3.46. The first kappa shape index (κ1) is 13.4. The van der Waals surface area contributed by atoms with Gasteiger partial charge in [0.1, 0.15) is 12.4 Å². The van der Waals surface area contributed by atoms with Crippen molar-refractivity contribution in [2.45, 2.75) is 6.42 Å². The number of hydrogen-bond donors (Lipinski definition) is 0. The van der Waals surface area contributed by atoms with E-state index in [1.165, 1.54) is 4.90 Å². The molecule has 3 rings (SSSR count). The summed E-state index contributed by atoms with van der Waals surface area (Å²) in [6, 6.07) is 16.6. The number of fused-ring (bicyclic) bond motifs is 1. The van der Waals surface area contributed by atoms with Gasteiger partial charge < -0.3 is 4.74 Å². The minimum absolute atomic E-state index is 0.171. The second-order valence-corrected chi connectivity index (χ2v) is 4.85. The van der Waals surface area contributed by atoms with Crippen LogP contribution in [0, 0.1) is 0 Å². The molecule has 0 radical (unpaired) electrons. The van der Waals surface area contributed by atoms with Gasteiger partial charge in [-0.25, -0.2) is 0 Å². The maximum Gasteiger partial charge on any atom is 0.260 e. The predicted molar refractivity (Wildman–Crippen MR) is 78.1 cm³/mol. The highest BCUT2D eigenvalue weighted by atomic mass is 16.5. The van der Waals surface area contributed by atoms with Gasteiger partial charge in [0.2, 0.25) is 5.91 Å². The lowest BCUT2D eigenvalue weighted by atomic mass is 9.99. The summed E-state index contributed by atoms with van der Waals surface area (Å²) in [6.45, 7) is 0.560. The lowest BCUT2D eigenvalue weighted by Crippen LogP contribution is -2.44. The molecule has 4 heteroatoms. The van der Waals surface area contributed by atoms with Crippen molar-refractivity contribution in [1.29, 1.82) is 0 Å². The SMILES string of the molecule is O=C1Cc2ccccc2C(=O)N1CCOc1ccccc1. The number of ether oxygens (including phenoxy) is 1. The fourth-order valence-electron chi connectivity index (χ4n) is 2.40. The molecule has 0 aliphatic carbocycles. The van der Waals surface area contributed by atoms with Gasteiger partial charge in [0.05, 0.1) is 13.0 Å². The van der Waals surface area contributed by atoms with Crippen LogP contribution in [-0.4, -0.2) is 29.9 Å². The van der Waals surface area contributed by atoms with E-state index in [4.69, 9.17) is 4.74 Å². The normalized spacial score (nSPS) is 14.0. The Labute approximate surface area is 123 Å². The third kappa shape index (κ3) is 2.79. The van der Waals surface area contributed by atoms with Crippen LogP contribution in [0.4, 0.5) is 0 Å². The quantitative estimate of drug-likeness (QED) is 0.808. The van der Waals surface area contributed by atoms with E-state index in [9.17, 15) is 9.59 Å². The topological polar surface area (TPSA) is 46.6 Å². The molecular weight excluding hydrogens is 266 g/mol. The third-order valence-electron chi connectivity index (χ3n) is 3.46. The molecule has 4 nitrogen and oxygen atoms in total. The molecule has 2 aromatic rings. The highest BCUT2D eigenvalue weighted by molar-refractivity contribution is 6.09. The van der Waals surface area contributed by atoms with Crippen molar-refractivity contribution in [2.24, 2.45) is 0 Å². The molecular formula is C17H15NO3. The van der Waals surface area contributed by atoms with E-state index in [1.807, 2.05) is 48.5 Å². The molecule has 2 amide bonds. The number of nitrogens with zero attached hydrogens (tertiary/aromatic N) is 1. The molecule has 0 fully saturated rings. The Hall–Kier alpha value is -2.62. The average Bonchev–Trinajstić information content (AvgIpc) is 2.51. The van der Waals surface area contributed by atoms with Crippen LogP contribution in [0.3, 0.4) is 0 Å². The molecule has 1 aliphatic heterocycles. The van der Waals surface area contributed by atoms with Crippen LogP contribution < -0.4 is 4.74 Å². The predicted octanol–water partition coefficient (Wildman–Crippen LogP) is 2.29. The molecule has 1 heterocycles. The van der Waals surface area contributed by atoms with E-state index in [-0.39, 0.29) is 24.8 Å². The molecule has 0 aromatic heterocycles. The molecule has 0 bridgehead atoms.